The van der Waals surface area contributed by atoms with Crippen molar-refractivity contribution in [2.45, 2.75) is 26.3 Å². The molecule has 0 spiro atoms. The summed E-state index contributed by atoms with van der Waals surface area (Å²) in [6.45, 7) is 10.5. The number of hydrogen-bond donors (Lipinski definition) is 0. The minimum atomic E-state index is -0.409. The van der Waals surface area contributed by atoms with Gasteiger partial charge in [0.25, 0.3) is 0 Å². The number of amides is 1. The van der Waals surface area contributed by atoms with Crippen molar-refractivity contribution in [1.82, 2.24) is 4.90 Å². The van der Waals surface area contributed by atoms with E-state index < -0.39 is 5.54 Å². The van der Waals surface area contributed by atoms with E-state index in [9.17, 15) is 4.79 Å². The Balaban J connectivity index is 1.34. The predicted octanol–water partition coefficient (Wildman–Crippen LogP) is 3.77. The maximum atomic E-state index is 13.6. The third-order valence-electron chi connectivity index (χ3n) is 6.40. The van der Waals surface area contributed by atoms with Crippen LogP contribution >= 0.6 is 0 Å². The molecule has 3 aliphatic rings. The van der Waals surface area contributed by atoms with Crippen LogP contribution in [0.15, 0.2) is 48.5 Å². The van der Waals surface area contributed by atoms with E-state index in [0.717, 1.165) is 48.8 Å². The highest BCUT2D eigenvalue weighted by Gasteiger charge is 2.38. The Morgan fingerprint density at radius 2 is 1.68 bits per heavy atom. The number of allylic oxidation sites excluding steroid dienone is 1. The van der Waals surface area contributed by atoms with Crippen LogP contribution in [-0.2, 0) is 4.79 Å². The molecule has 1 amide bonds. The van der Waals surface area contributed by atoms with E-state index in [1.807, 2.05) is 23.1 Å². The average molecular weight is 420 g/mol. The summed E-state index contributed by atoms with van der Waals surface area (Å²) >= 11 is 0. The number of fused-ring (bicyclic) bond motifs is 2. The predicted molar refractivity (Wildman–Crippen MR) is 123 cm³/mol. The lowest BCUT2D eigenvalue weighted by molar-refractivity contribution is -0.120. The minimum Gasteiger partial charge on any atom is -0.454 e. The van der Waals surface area contributed by atoms with Gasteiger partial charge in [-0.2, -0.15) is 0 Å². The lowest BCUT2D eigenvalue weighted by Gasteiger charge is -2.43. The van der Waals surface area contributed by atoms with Crippen LogP contribution in [0.2, 0.25) is 0 Å². The number of carbonyl (C=O) groups is 1. The molecule has 1 fully saturated rings. The topological polar surface area (TPSA) is 45.3 Å². The minimum absolute atomic E-state index is 0.113. The van der Waals surface area contributed by atoms with Gasteiger partial charge < -0.3 is 19.3 Å². The summed E-state index contributed by atoms with van der Waals surface area (Å²) in [6.07, 6.45) is 2.17. The Morgan fingerprint density at radius 3 is 2.39 bits per heavy atom. The van der Waals surface area contributed by atoms with Gasteiger partial charge in [-0.1, -0.05) is 24.3 Å². The molecule has 0 atom stereocenters. The number of nitrogens with zero attached hydrogens (tertiary/aromatic N) is 3. The zero-order chi connectivity index (χ0) is 21.6. The van der Waals surface area contributed by atoms with E-state index >= 15 is 0 Å². The lowest BCUT2D eigenvalue weighted by atomic mass is 9.88. The SMILES string of the molecule is CC1=CC(C)(C)N(C(=O)CN2CCN(c3ccccc3)CC2)c2cc3c(cc21)OCO3. The van der Waals surface area contributed by atoms with Gasteiger partial charge in [0.1, 0.15) is 0 Å². The van der Waals surface area contributed by atoms with Crippen molar-refractivity contribution >= 4 is 22.9 Å². The monoisotopic (exact) mass is 419 g/mol. The number of anilines is 2. The number of piperazine rings is 1. The molecule has 0 aliphatic carbocycles. The number of rotatable bonds is 3. The Morgan fingerprint density at radius 1 is 1.00 bits per heavy atom. The summed E-state index contributed by atoms with van der Waals surface area (Å²) < 4.78 is 11.2. The summed E-state index contributed by atoms with van der Waals surface area (Å²) in [5, 5.41) is 0. The van der Waals surface area contributed by atoms with Gasteiger partial charge in [0, 0.05) is 43.5 Å². The second kappa shape index (κ2) is 7.61. The van der Waals surface area contributed by atoms with Crippen molar-refractivity contribution in [3.8, 4) is 11.5 Å². The van der Waals surface area contributed by atoms with Gasteiger partial charge in [-0.3, -0.25) is 9.69 Å². The second-order valence-corrected chi connectivity index (χ2v) is 9.03. The van der Waals surface area contributed by atoms with Crippen LogP contribution in [0.5, 0.6) is 11.5 Å². The van der Waals surface area contributed by atoms with Crippen LogP contribution in [0.4, 0.5) is 11.4 Å². The smallest absolute Gasteiger partial charge is 0.241 e. The molecule has 0 radical (unpaired) electrons. The van der Waals surface area contributed by atoms with Gasteiger partial charge in [0.05, 0.1) is 17.8 Å². The molecule has 0 N–H and O–H groups in total. The summed E-state index contributed by atoms with van der Waals surface area (Å²) in [5.74, 6) is 1.57. The Hall–Kier alpha value is -2.99. The molecular formula is C25H29N3O3. The van der Waals surface area contributed by atoms with E-state index in [1.165, 1.54) is 5.69 Å². The molecule has 0 saturated carbocycles. The first-order valence-electron chi connectivity index (χ1n) is 10.9. The molecule has 3 aliphatic heterocycles. The highest BCUT2D eigenvalue weighted by atomic mass is 16.7. The van der Waals surface area contributed by atoms with Crippen molar-refractivity contribution < 1.29 is 14.3 Å². The molecule has 1 saturated heterocycles. The summed E-state index contributed by atoms with van der Waals surface area (Å²) in [6, 6.07) is 14.4. The van der Waals surface area contributed by atoms with E-state index in [-0.39, 0.29) is 12.7 Å². The quantitative estimate of drug-likeness (QED) is 0.758. The van der Waals surface area contributed by atoms with Gasteiger partial charge in [0.2, 0.25) is 12.7 Å². The molecular weight excluding hydrogens is 390 g/mol. The Kier molecular flexibility index (Phi) is 4.89. The molecule has 0 aromatic heterocycles. The molecule has 31 heavy (non-hydrogen) atoms. The van der Waals surface area contributed by atoms with Crippen molar-refractivity contribution in [2.75, 3.05) is 49.3 Å². The summed E-state index contributed by atoms with van der Waals surface area (Å²) in [5.41, 5.74) is 3.93. The van der Waals surface area contributed by atoms with Gasteiger partial charge >= 0.3 is 0 Å². The largest absolute Gasteiger partial charge is 0.454 e. The second-order valence-electron chi connectivity index (χ2n) is 9.03. The molecule has 162 valence electrons. The number of benzene rings is 2. The van der Waals surface area contributed by atoms with E-state index in [2.05, 4.69) is 60.9 Å². The van der Waals surface area contributed by atoms with Crippen molar-refractivity contribution in [2.24, 2.45) is 0 Å². The zero-order valence-corrected chi connectivity index (χ0v) is 18.4. The number of carbonyl (C=O) groups excluding carboxylic acids is 1. The third-order valence-corrected chi connectivity index (χ3v) is 6.40. The Bertz CT molecular complexity index is 1020. The molecule has 3 heterocycles. The fourth-order valence-electron chi connectivity index (χ4n) is 4.94. The fraction of sp³-hybridized carbons (Fsp3) is 0.400. The van der Waals surface area contributed by atoms with Gasteiger partial charge in [-0.25, -0.2) is 0 Å². The van der Waals surface area contributed by atoms with Gasteiger partial charge in [0.15, 0.2) is 11.5 Å². The maximum absolute atomic E-state index is 13.6. The highest BCUT2D eigenvalue weighted by Crippen LogP contribution is 2.46. The number of para-hydroxylation sites is 1. The summed E-state index contributed by atoms with van der Waals surface area (Å²) in [4.78, 5) is 20.1. The van der Waals surface area contributed by atoms with Crippen LogP contribution < -0.4 is 19.3 Å². The number of ether oxygens (including phenoxy) is 2. The molecule has 2 aromatic rings. The molecule has 0 bridgehead atoms. The van der Waals surface area contributed by atoms with Crippen LogP contribution in [-0.4, -0.2) is 55.9 Å². The molecule has 6 heteroatoms. The normalized spacial score (nSPS) is 19.8. The van der Waals surface area contributed by atoms with Gasteiger partial charge in [-0.15, -0.1) is 0 Å². The maximum Gasteiger partial charge on any atom is 0.241 e. The van der Waals surface area contributed by atoms with E-state index in [0.29, 0.717) is 12.3 Å². The van der Waals surface area contributed by atoms with Crippen LogP contribution in [0, 0.1) is 0 Å². The lowest BCUT2D eigenvalue weighted by Crippen LogP contribution is -2.55. The molecule has 2 aromatic carbocycles. The van der Waals surface area contributed by atoms with Crippen molar-refractivity contribution in [3.05, 3.63) is 54.1 Å². The van der Waals surface area contributed by atoms with E-state index in [4.69, 9.17) is 9.47 Å². The molecule has 0 unspecified atom stereocenters. The van der Waals surface area contributed by atoms with Crippen molar-refractivity contribution in [1.29, 1.82) is 0 Å². The van der Waals surface area contributed by atoms with Crippen LogP contribution in [0.1, 0.15) is 26.3 Å². The molecule has 6 nitrogen and oxygen atoms in total. The van der Waals surface area contributed by atoms with Crippen LogP contribution in [0.3, 0.4) is 0 Å². The first-order chi connectivity index (χ1) is 14.9. The average Bonchev–Trinajstić information content (AvgIpc) is 3.21. The van der Waals surface area contributed by atoms with Gasteiger partial charge in [-0.05, 0) is 44.5 Å². The third kappa shape index (κ3) is 3.65. The highest BCUT2D eigenvalue weighted by molar-refractivity contribution is 6.02. The number of hydrogen-bond acceptors (Lipinski definition) is 5. The molecule has 5 rings (SSSR count). The van der Waals surface area contributed by atoms with Crippen molar-refractivity contribution in [3.63, 3.8) is 0 Å². The zero-order valence-electron chi connectivity index (χ0n) is 18.4. The Labute approximate surface area is 183 Å². The van der Waals surface area contributed by atoms with Crippen LogP contribution in [0.25, 0.3) is 5.57 Å². The first-order valence-corrected chi connectivity index (χ1v) is 10.9. The first kappa shape index (κ1) is 19.9. The standard InChI is InChI=1S/C25H29N3O3/c1-18-15-25(2,3)28(21-14-23-22(13-20(18)21)30-17-31-23)24(29)16-26-9-11-27(12-10-26)19-7-5-4-6-8-19/h4-8,13-15H,9-12,16-17H2,1-3H3. The van der Waals surface area contributed by atoms with E-state index in [1.54, 1.807) is 0 Å². The summed E-state index contributed by atoms with van der Waals surface area (Å²) in [7, 11) is 0. The fourth-order valence-corrected chi connectivity index (χ4v) is 4.94.